The van der Waals surface area contributed by atoms with Crippen LogP contribution in [0.3, 0.4) is 0 Å². The number of hydrogen-bond donors (Lipinski definition) is 2. The fourth-order valence-corrected chi connectivity index (χ4v) is 2.99. The average molecular weight is 251 g/mol. The first-order chi connectivity index (χ1) is 8.24. The van der Waals surface area contributed by atoms with Gasteiger partial charge in [0.2, 0.25) is 0 Å². The predicted molar refractivity (Wildman–Crippen MR) is 64.2 cm³/mol. The van der Waals surface area contributed by atoms with Gasteiger partial charge in [0.25, 0.3) is 0 Å². The van der Waals surface area contributed by atoms with Gasteiger partial charge in [0, 0.05) is 17.8 Å². The Bertz CT molecular complexity index is 519. The highest BCUT2D eigenvalue weighted by atomic mass is 32.1. The molecule has 1 aliphatic rings. The summed E-state index contributed by atoms with van der Waals surface area (Å²) in [7, 11) is 0. The molecule has 0 radical (unpaired) electrons. The van der Waals surface area contributed by atoms with E-state index in [2.05, 4.69) is 10.3 Å². The molecule has 0 amide bonds. The van der Waals surface area contributed by atoms with Crippen LogP contribution in [-0.4, -0.2) is 27.0 Å². The van der Waals surface area contributed by atoms with Crippen molar-refractivity contribution in [1.82, 2.24) is 14.7 Å². The second kappa shape index (κ2) is 4.12. The first kappa shape index (κ1) is 10.7. The molecule has 0 aromatic carbocycles. The minimum Gasteiger partial charge on any atom is -0.481 e. The van der Waals surface area contributed by atoms with E-state index in [1.165, 1.54) is 0 Å². The number of thiazole rings is 1. The molecule has 0 bridgehead atoms. The molecule has 1 fully saturated rings. The van der Waals surface area contributed by atoms with Crippen LogP contribution in [0, 0.1) is 5.92 Å². The molecule has 0 aliphatic carbocycles. The van der Waals surface area contributed by atoms with E-state index < -0.39 is 5.97 Å². The van der Waals surface area contributed by atoms with Gasteiger partial charge in [-0.1, -0.05) is 0 Å². The van der Waals surface area contributed by atoms with Gasteiger partial charge in [0.15, 0.2) is 4.96 Å². The van der Waals surface area contributed by atoms with Crippen LogP contribution in [0.2, 0.25) is 0 Å². The molecule has 0 spiro atoms. The first-order valence-corrected chi connectivity index (χ1v) is 6.50. The number of hydrogen-bond acceptors (Lipinski definition) is 4. The molecule has 0 saturated carbocycles. The summed E-state index contributed by atoms with van der Waals surface area (Å²) in [5, 5.41) is 14.4. The van der Waals surface area contributed by atoms with Crippen molar-refractivity contribution < 1.29 is 9.90 Å². The molecule has 3 rings (SSSR count). The molecule has 2 atom stereocenters. The largest absolute Gasteiger partial charge is 0.481 e. The summed E-state index contributed by atoms with van der Waals surface area (Å²) in [6, 6.07) is 0.0666. The number of carbonyl (C=O) groups is 1. The topological polar surface area (TPSA) is 66.6 Å². The number of nitrogens with zero attached hydrogens (tertiary/aromatic N) is 2. The predicted octanol–water partition coefficient (Wildman–Crippen LogP) is 1.52. The van der Waals surface area contributed by atoms with Gasteiger partial charge in [-0.2, -0.15) is 0 Å². The van der Waals surface area contributed by atoms with Crippen molar-refractivity contribution in [3.63, 3.8) is 0 Å². The van der Waals surface area contributed by atoms with Gasteiger partial charge in [0.05, 0.1) is 17.7 Å². The number of aliphatic carboxylic acids is 1. The Morgan fingerprint density at radius 2 is 2.53 bits per heavy atom. The quantitative estimate of drug-likeness (QED) is 0.849. The van der Waals surface area contributed by atoms with Gasteiger partial charge in [-0.3, -0.25) is 9.20 Å². The van der Waals surface area contributed by atoms with Crippen LogP contribution in [0.5, 0.6) is 0 Å². The van der Waals surface area contributed by atoms with Gasteiger partial charge in [-0.25, -0.2) is 4.98 Å². The zero-order chi connectivity index (χ0) is 11.8. The fraction of sp³-hybridized carbons (Fsp3) is 0.455. The molecule has 5 nitrogen and oxygen atoms in total. The SMILES string of the molecule is O=C(O)C1CCNC(c2cn3ccsc3n2)C1. The highest BCUT2D eigenvalue weighted by Crippen LogP contribution is 2.27. The Morgan fingerprint density at radius 1 is 1.65 bits per heavy atom. The molecule has 17 heavy (non-hydrogen) atoms. The zero-order valence-corrected chi connectivity index (χ0v) is 9.98. The van der Waals surface area contributed by atoms with Crippen molar-refractivity contribution in [3.8, 4) is 0 Å². The van der Waals surface area contributed by atoms with Crippen LogP contribution >= 0.6 is 11.3 Å². The summed E-state index contributed by atoms with van der Waals surface area (Å²) in [4.78, 5) is 16.5. The molecule has 3 heterocycles. The Kier molecular flexibility index (Phi) is 2.60. The van der Waals surface area contributed by atoms with Crippen molar-refractivity contribution >= 4 is 22.3 Å². The average Bonchev–Trinajstić information content (AvgIpc) is 2.89. The van der Waals surface area contributed by atoms with Crippen molar-refractivity contribution in [3.05, 3.63) is 23.5 Å². The maximum absolute atomic E-state index is 11.0. The third kappa shape index (κ3) is 1.94. The molecule has 1 saturated heterocycles. The lowest BCUT2D eigenvalue weighted by Gasteiger charge is -2.26. The third-order valence-electron chi connectivity index (χ3n) is 3.22. The van der Waals surface area contributed by atoms with Crippen molar-refractivity contribution in [2.24, 2.45) is 5.92 Å². The normalized spacial score (nSPS) is 25.2. The van der Waals surface area contributed by atoms with E-state index >= 15 is 0 Å². The lowest BCUT2D eigenvalue weighted by atomic mass is 9.91. The summed E-state index contributed by atoms with van der Waals surface area (Å²) in [5.74, 6) is -0.946. The van der Waals surface area contributed by atoms with Gasteiger partial charge >= 0.3 is 5.97 Å². The second-order valence-corrected chi connectivity index (χ2v) is 5.20. The molecule has 2 aromatic heterocycles. The Morgan fingerprint density at radius 3 is 3.29 bits per heavy atom. The van der Waals surface area contributed by atoms with Crippen LogP contribution < -0.4 is 5.32 Å². The van der Waals surface area contributed by atoms with Crippen molar-refractivity contribution in [2.75, 3.05) is 6.54 Å². The second-order valence-electron chi connectivity index (χ2n) is 4.32. The van der Waals surface area contributed by atoms with Crippen LogP contribution in [0.1, 0.15) is 24.6 Å². The Labute approximate surface area is 102 Å². The summed E-state index contributed by atoms with van der Waals surface area (Å²) in [6.45, 7) is 0.743. The van der Waals surface area contributed by atoms with E-state index in [0.717, 1.165) is 17.2 Å². The molecule has 2 N–H and O–H groups in total. The number of aromatic nitrogens is 2. The molecule has 2 unspecified atom stereocenters. The van der Waals surface area contributed by atoms with Crippen LogP contribution in [0.15, 0.2) is 17.8 Å². The molecule has 90 valence electrons. The van der Waals surface area contributed by atoms with Crippen molar-refractivity contribution in [1.29, 1.82) is 0 Å². The van der Waals surface area contributed by atoms with Crippen molar-refractivity contribution in [2.45, 2.75) is 18.9 Å². The number of carboxylic acid groups (broad SMARTS) is 1. The molecule has 6 heteroatoms. The lowest BCUT2D eigenvalue weighted by Crippen LogP contribution is -2.35. The Hall–Kier alpha value is -1.40. The van der Waals surface area contributed by atoms with Gasteiger partial charge in [0.1, 0.15) is 0 Å². The molecular weight excluding hydrogens is 238 g/mol. The summed E-state index contributed by atoms with van der Waals surface area (Å²) in [6.07, 6.45) is 5.27. The van der Waals surface area contributed by atoms with E-state index in [1.807, 2.05) is 22.2 Å². The molecule has 2 aromatic rings. The highest BCUT2D eigenvalue weighted by Gasteiger charge is 2.28. The third-order valence-corrected chi connectivity index (χ3v) is 3.99. The monoisotopic (exact) mass is 251 g/mol. The molecule has 1 aliphatic heterocycles. The maximum atomic E-state index is 11.0. The van der Waals surface area contributed by atoms with E-state index in [9.17, 15) is 4.79 Å². The smallest absolute Gasteiger partial charge is 0.306 e. The van der Waals surface area contributed by atoms with Gasteiger partial charge in [-0.15, -0.1) is 11.3 Å². The van der Waals surface area contributed by atoms with Crippen LogP contribution in [0.25, 0.3) is 4.96 Å². The zero-order valence-electron chi connectivity index (χ0n) is 9.17. The minimum atomic E-state index is -0.697. The number of piperidine rings is 1. The number of nitrogens with one attached hydrogen (secondary N) is 1. The summed E-state index contributed by atoms with van der Waals surface area (Å²) >= 11 is 1.59. The summed E-state index contributed by atoms with van der Waals surface area (Å²) in [5.41, 5.74) is 0.947. The fourth-order valence-electron chi connectivity index (χ4n) is 2.28. The minimum absolute atomic E-state index is 0.0666. The number of carboxylic acids is 1. The summed E-state index contributed by atoms with van der Waals surface area (Å²) < 4.78 is 1.98. The Balaban J connectivity index is 1.83. The van der Waals surface area contributed by atoms with Crippen LogP contribution in [0.4, 0.5) is 0 Å². The van der Waals surface area contributed by atoms with Gasteiger partial charge < -0.3 is 10.4 Å². The van der Waals surface area contributed by atoms with E-state index in [-0.39, 0.29) is 12.0 Å². The maximum Gasteiger partial charge on any atom is 0.306 e. The van der Waals surface area contributed by atoms with E-state index in [0.29, 0.717) is 12.8 Å². The van der Waals surface area contributed by atoms with E-state index in [4.69, 9.17) is 5.11 Å². The number of imidazole rings is 1. The highest BCUT2D eigenvalue weighted by molar-refractivity contribution is 7.15. The standard InChI is InChI=1S/C11H13N3O2S/c15-10(16)7-1-2-12-8(5-7)9-6-14-3-4-17-11(14)13-9/h3-4,6-8,12H,1-2,5H2,(H,15,16). The number of rotatable bonds is 2. The van der Waals surface area contributed by atoms with Gasteiger partial charge in [-0.05, 0) is 19.4 Å². The van der Waals surface area contributed by atoms with Crippen LogP contribution in [-0.2, 0) is 4.79 Å². The van der Waals surface area contributed by atoms with E-state index in [1.54, 1.807) is 11.3 Å². The lowest BCUT2D eigenvalue weighted by molar-refractivity contribution is -0.143. The molecular formula is C11H13N3O2S. The number of fused-ring (bicyclic) bond motifs is 1. The first-order valence-electron chi connectivity index (χ1n) is 5.62.